The van der Waals surface area contributed by atoms with E-state index < -0.39 is 34.3 Å². The van der Waals surface area contributed by atoms with E-state index in [1.165, 1.54) is 11.0 Å². The third kappa shape index (κ3) is 8.53. The molecule has 0 aromatic heterocycles. The lowest BCUT2D eigenvalue weighted by atomic mass is 10.0. The van der Waals surface area contributed by atoms with Gasteiger partial charge in [-0.05, 0) is 49.6 Å². The van der Waals surface area contributed by atoms with E-state index in [4.69, 9.17) is 11.6 Å². The molecule has 0 aliphatic carbocycles. The van der Waals surface area contributed by atoms with Crippen LogP contribution in [0.25, 0.3) is 0 Å². The Morgan fingerprint density at radius 2 is 1.65 bits per heavy atom. The molecule has 0 unspecified atom stereocenters. The molecule has 2 amide bonds. The van der Waals surface area contributed by atoms with Crippen LogP contribution in [0, 0.1) is 12.7 Å². The Kier molecular flexibility index (Phi) is 10.7. The molecule has 0 saturated heterocycles. The van der Waals surface area contributed by atoms with Crippen LogP contribution >= 0.6 is 11.6 Å². The Morgan fingerprint density at radius 1 is 1.00 bits per heavy atom. The van der Waals surface area contributed by atoms with Crippen LogP contribution in [0.1, 0.15) is 37.0 Å². The first kappa shape index (κ1) is 31.1. The van der Waals surface area contributed by atoms with Crippen LogP contribution in [-0.2, 0) is 32.6 Å². The molecule has 3 aromatic rings. The average Bonchev–Trinajstić information content (AvgIpc) is 2.91. The van der Waals surface area contributed by atoms with E-state index in [1.54, 1.807) is 0 Å². The highest BCUT2D eigenvalue weighted by Crippen LogP contribution is 2.25. The zero-order valence-electron chi connectivity index (χ0n) is 23.1. The normalized spacial score (nSPS) is 12.8. The van der Waals surface area contributed by atoms with E-state index in [1.807, 2.05) is 75.4 Å². The van der Waals surface area contributed by atoms with Crippen molar-refractivity contribution < 1.29 is 22.4 Å². The minimum absolute atomic E-state index is 0.0428. The molecule has 1 N–H and O–H groups in total. The van der Waals surface area contributed by atoms with E-state index in [-0.39, 0.29) is 35.6 Å². The summed E-state index contributed by atoms with van der Waals surface area (Å²) in [6, 6.07) is 19.3. The quantitative estimate of drug-likeness (QED) is 0.319. The highest BCUT2D eigenvalue weighted by molar-refractivity contribution is 7.92. The van der Waals surface area contributed by atoms with Crippen LogP contribution in [-0.4, -0.2) is 50.0 Å². The number of hydrogen-bond acceptors (Lipinski definition) is 4. The second kappa shape index (κ2) is 13.8. The van der Waals surface area contributed by atoms with Gasteiger partial charge >= 0.3 is 0 Å². The lowest BCUT2D eigenvalue weighted by molar-refractivity contribution is -0.140. The van der Waals surface area contributed by atoms with Gasteiger partial charge in [0.15, 0.2) is 0 Å². The minimum Gasteiger partial charge on any atom is -0.352 e. The van der Waals surface area contributed by atoms with E-state index >= 15 is 0 Å². The summed E-state index contributed by atoms with van der Waals surface area (Å²) in [7, 11) is -3.98. The standard InChI is InChI=1S/C30H35ClFN3O4S/c1-5-22(3)33-30(37)28(17-23-9-7-6-8-10-23)34(19-24-13-11-21(2)12-14-24)29(36)20-35(40(4,38)39)25-15-16-27(32)26(31)18-25/h6-16,18,22,28H,5,17,19-20H2,1-4H3,(H,33,37)/t22-,28-/m0/s1. The topological polar surface area (TPSA) is 86.8 Å². The van der Waals surface area contributed by atoms with Crippen LogP contribution < -0.4 is 9.62 Å². The van der Waals surface area contributed by atoms with Gasteiger partial charge in [0.1, 0.15) is 18.4 Å². The third-order valence-corrected chi connectivity index (χ3v) is 8.05. The summed E-state index contributed by atoms with van der Waals surface area (Å²) in [5.41, 5.74) is 2.71. The molecule has 0 fully saturated rings. The zero-order valence-corrected chi connectivity index (χ0v) is 24.7. The first-order chi connectivity index (χ1) is 18.9. The van der Waals surface area contributed by atoms with Crippen molar-refractivity contribution in [1.29, 1.82) is 0 Å². The highest BCUT2D eigenvalue weighted by Gasteiger charge is 2.33. The number of carbonyl (C=O) groups is 2. The summed E-state index contributed by atoms with van der Waals surface area (Å²) in [6.45, 7) is 5.25. The van der Waals surface area contributed by atoms with Gasteiger partial charge in [0.25, 0.3) is 0 Å². The molecule has 0 heterocycles. The fourth-order valence-corrected chi connectivity index (χ4v) is 5.16. The monoisotopic (exact) mass is 587 g/mol. The molecule has 2 atom stereocenters. The number of amides is 2. The first-order valence-corrected chi connectivity index (χ1v) is 15.2. The summed E-state index contributed by atoms with van der Waals surface area (Å²) >= 11 is 5.93. The smallest absolute Gasteiger partial charge is 0.244 e. The zero-order chi connectivity index (χ0) is 29.4. The van der Waals surface area contributed by atoms with Crippen LogP contribution in [0.2, 0.25) is 5.02 Å². The van der Waals surface area contributed by atoms with Crippen molar-refractivity contribution in [1.82, 2.24) is 10.2 Å². The number of benzene rings is 3. The van der Waals surface area contributed by atoms with Gasteiger partial charge in [0, 0.05) is 19.0 Å². The Bertz CT molecular complexity index is 1420. The Morgan fingerprint density at radius 3 is 2.23 bits per heavy atom. The van der Waals surface area contributed by atoms with Gasteiger partial charge in [-0.1, -0.05) is 78.7 Å². The van der Waals surface area contributed by atoms with E-state index in [9.17, 15) is 22.4 Å². The van der Waals surface area contributed by atoms with Gasteiger partial charge < -0.3 is 10.2 Å². The van der Waals surface area contributed by atoms with Gasteiger partial charge in [0.05, 0.1) is 17.0 Å². The number of carbonyl (C=O) groups excluding carboxylic acids is 2. The molecule has 0 aliphatic rings. The number of aryl methyl sites for hydroxylation is 1. The number of rotatable bonds is 12. The number of sulfonamides is 1. The summed E-state index contributed by atoms with van der Waals surface area (Å²) < 4.78 is 40.3. The second-order valence-electron chi connectivity index (χ2n) is 9.90. The van der Waals surface area contributed by atoms with Crippen molar-refractivity contribution in [3.63, 3.8) is 0 Å². The minimum atomic E-state index is -3.98. The van der Waals surface area contributed by atoms with Crippen molar-refractivity contribution in [2.75, 3.05) is 17.1 Å². The van der Waals surface area contributed by atoms with Gasteiger partial charge in [-0.2, -0.15) is 0 Å². The Labute approximate surface area is 241 Å². The molecule has 3 rings (SSSR count). The van der Waals surface area contributed by atoms with Gasteiger partial charge in [-0.3, -0.25) is 13.9 Å². The molecular formula is C30H35ClFN3O4S. The number of halogens is 2. The maximum absolute atomic E-state index is 14.0. The SMILES string of the molecule is CC[C@H](C)NC(=O)[C@H](Cc1ccccc1)N(Cc1ccc(C)cc1)C(=O)CN(c1ccc(F)c(Cl)c1)S(C)(=O)=O. The number of hydrogen-bond donors (Lipinski definition) is 1. The summed E-state index contributed by atoms with van der Waals surface area (Å²) in [5.74, 6) is -1.64. The molecule has 3 aromatic carbocycles. The predicted octanol–water partition coefficient (Wildman–Crippen LogP) is 5.11. The molecule has 0 bridgehead atoms. The van der Waals surface area contributed by atoms with Crippen LogP contribution in [0.5, 0.6) is 0 Å². The van der Waals surface area contributed by atoms with Crippen molar-refractivity contribution >= 4 is 39.1 Å². The van der Waals surface area contributed by atoms with E-state index in [0.29, 0.717) is 6.42 Å². The molecule has 40 heavy (non-hydrogen) atoms. The van der Waals surface area contributed by atoms with Gasteiger partial charge in [-0.15, -0.1) is 0 Å². The Balaban J connectivity index is 2.06. The molecule has 10 heteroatoms. The summed E-state index contributed by atoms with van der Waals surface area (Å²) in [4.78, 5) is 29.1. The molecule has 0 saturated carbocycles. The summed E-state index contributed by atoms with van der Waals surface area (Å²) in [5, 5.41) is 2.71. The largest absolute Gasteiger partial charge is 0.352 e. The van der Waals surface area contributed by atoms with Crippen LogP contribution in [0.15, 0.2) is 72.8 Å². The Hall–Kier alpha value is -3.43. The molecule has 0 spiro atoms. The summed E-state index contributed by atoms with van der Waals surface area (Å²) in [6.07, 6.45) is 1.88. The lowest BCUT2D eigenvalue weighted by Gasteiger charge is -2.34. The first-order valence-electron chi connectivity index (χ1n) is 13.0. The number of nitrogens with zero attached hydrogens (tertiary/aromatic N) is 2. The number of anilines is 1. The van der Waals surface area contributed by atoms with Gasteiger partial charge in [-0.25, -0.2) is 12.8 Å². The lowest BCUT2D eigenvalue weighted by Crippen LogP contribution is -2.54. The molecule has 0 aliphatic heterocycles. The highest BCUT2D eigenvalue weighted by atomic mass is 35.5. The molecule has 7 nitrogen and oxygen atoms in total. The van der Waals surface area contributed by atoms with Crippen LogP contribution in [0.3, 0.4) is 0 Å². The van der Waals surface area contributed by atoms with E-state index in [0.717, 1.165) is 39.4 Å². The fraction of sp³-hybridized carbons (Fsp3) is 0.333. The van der Waals surface area contributed by atoms with E-state index in [2.05, 4.69) is 5.32 Å². The average molecular weight is 588 g/mol. The maximum Gasteiger partial charge on any atom is 0.244 e. The fourth-order valence-electron chi connectivity index (χ4n) is 4.14. The van der Waals surface area contributed by atoms with Crippen molar-refractivity contribution in [2.45, 2.75) is 52.2 Å². The van der Waals surface area contributed by atoms with Crippen molar-refractivity contribution in [3.8, 4) is 0 Å². The van der Waals surface area contributed by atoms with Gasteiger partial charge in [0.2, 0.25) is 21.8 Å². The molecule has 0 radical (unpaired) electrons. The van der Waals surface area contributed by atoms with Crippen LogP contribution in [0.4, 0.5) is 10.1 Å². The maximum atomic E-state index is 14.0. The number of nitrogens with one attached hydrogen (secondary N) is 1. The van der Waals surface area contributed by atoms with Crippen molar-refractivity contribution in [2.24, 2.45) is 0 Å². The van der Waals surface area contributed by atoms with Crippen molar-refractivity contribution in [3.05, 3.63) is 100 Å². The molecular weight excluding hydrogens is 553 g/mol. The predicted molar refractivity (Wildman–Crippen MR) is 157 cm³/mol. The second-order valence-corrected chi connectivity index (χ2v) is 12.2. The third-order valence-electron chi connectivity index (χ3n) is 6.62. The molecule has 214 valence electrons.